The molecule has 0 amide bonds. The maximum absolute atomic E-state index is 4.84. The fourth-order valence-electron chi connectivity index (χ4n) is 4.28. The number of hydrogen-bond acceptors (Lipinski definition) is 1. The van der Waals surface area contributed by atoms with Crippen LogP contribution >= 0.6 is 15.9 Å². The highest BCUT2D eigenvalue weighted by Crippen LogP contribution is 2.33. The molecular weight excluding hydrogens is 324 g/mol. The molecule has 3 rings (SSSR count). The molecule has 2 saturated carbocycles. The molecule has 0 saturated heterocycles. The quantitative estimate of drug-likeness (QED) is 0.706. The lowest BCUT2D eigenvalue weighted by atomic mass is 9.85. The van der Waals surface area contributed by atoms with E-state index in [1.54, 1.807) is 0 Å². The van der Waals surface area contributed by atoms with Gasteiger partial charge in [0.1, 0.15) is 0 Å². The molecule has 1 aromatic heterocycles. The number of aromatic nitrogens is 2. The minimum atomic E-state index is 0.868. The maximum Gasteiger partial charge on any atom is 0.0772 e. The fraction of sp³-hybridized carbons (Fsp3) is 0.833. The molecule has 2 nitrogen and oxygen atoms in total. The minimum Gasteiger partial charge on any atom is -0.271 e. The third kappa shape index (κ3) is 3.91. The molecule has 2 aliphatic carbocycles. The summed E-state index contributed by atoms with van der Waals surface area (Å²) >= 11 is 3.87. The molecule has 0 bridgehead atoms. The highest BCUT2D eigenvalue weighted by molar-refractivity contribution is 9.10. The van der Waals surface area contributed by atoms with E-state index >= 15 is 0 Å². The molecule has 3 heteroatoms. The lowest BCUT2D eigenvalue weighted by molar-refractivity contribution is 0.350. The average molecular weight is 353 g/mol. The largest absolute Gasteiger partial charge is 0.271 e. The summed E-state index contributed by atoms with van der Waals surface area (Å²) in [5.41, 5.74) is 2.75. The second-order valence-electron chi connectivity index (χ2n) is 7.25. The zero-order chi connectivity index (χ0) is 14.7. The Bertz CT molecular complexity index is 454. The summed E-state index contributed by atoms with van der Waals surface area (Å²) in [5.74, 6) is 1.75. The van der Waals surface area contributed by atoms with Crippen LogP contribution in [0.4, 0.5) is 0 Å². The van der Waals surface area contributed by atoms with Gasteiger partial charge in [-0.3, -0.25) is 4.68 Å². The van der Waals surface area contributed by atoms with Gasteiger partial charge in [0, 0.05) is 7.05 Å². The van der Waals surface area contributed by atoms with E-state index in [9.17, 15) is 0 Å². The van der Waals surface area contributed by atoms with Crippen molar-refractivity contribution in [3.05, 3.63) is 15.9 Å². The molecule has 0 unspecified atom stereocenters. The molecule has 0 N–H and O–H groups in total. The Morgan fingerprint density at radius 2 is 1.43 bits per heavy atom. The topological polar surface area (TPSA) is 17.8 Å². The van der Waals surface area contributed by atoms with Gasteiger partial charge in [0.25, 0.3) is 0 Å². The van der Waals surface area contributed by atoms with Crippen molar-refractivity contribution in [3.8, 4) is 0 Å². The van der Waals surface area contributed by atoms with Crippen LogP contribution in [0.2, 0.25) is 0 Å². The molecular formula is C18H29BrN2. The Morgan fingerprint density at radius 1 is 0.905 bits per heavy atom. The van der Waals surface area contributed by atoms with Gasteiger partial charge >= 0.3 is 0 Å². The molecule has 0 aliphatic heterocycles. The van der Waals surface area contributed by atoms with E-state index in [4.69, 9.17) is 5.10 Å². The van der Waals surface area contributed by atoms with Crippen LogP contribution in [0.5, 0.6) is 0 Å². The van der Waals surface area contributed by atoms with Crippen molar-refractivity contribution in [3.63, 3.8) is 0 Å². The van der Waals surface area contributed by atoms with Crippen molar-refractivity contribution in [2.24, 2.45) is 18.9 Å². The normalized spacial score (nSPS) is 21.8. The first kappa shape index (κ1) is 15.6. The molecule has 2 aliphatic rings. The van der Waals surface area contributed by atoms with Crippen molar-refractivity contribution < 1.29 is 0 Å². The first-order valence-electron chi connectivity index (χ1n) is 8.94. The summed E-state index contributed by atoms with van der Waals surface area (Å²) in [6, 6.07) is 0. The van der Waals surface area contributed by atoms with Gasteiger partial charge in [-0.1, -0.05) is 64.2 Å². The van der Waals surface area contributed by atoms with Gasteiger partial charge in [-0.25, -0.2) is 0 Å². The fourth-order valence-corrected chi connectivity index (χ4v) is 4.94. The first-order valence-corrected chi connectivity index (χ1v) is 9.73. The van der Waals surface area contributed by atoms with Crippen LogP contribution in [0.1, 0.15) is 75.6 Å². The third-order valence-corrected chi connectivity index (χ3v) is 6.50. The Hall–Kier alpha value is -0.310. The van der Waals surface area contributed by atoms with Crippen LogP contribution in [-0.2, 0) is 19.9 Å². The summed E-state index contributed by atoms with van der Waals surface area (Å²) < 4.78 is 3.47. The molecule has 21 heavy (non-hydrogen) atoms. The predicted octanol–water partition coefficient (Wildman–Crippen LogP) is 5.43. The van der Waals surface area contributed by atoms with Crippen LogP contribution in [-0.4, -0.2) is 9.78 Å². The SMILES string of the molecule is Cn1nc(CC2CCCCC2)c(Br)c1CC1CCCCC1. The van der Waals surface area contributed by atoms with Gasteiger partial charge < -0.3 is 0 Å². The maximum atomic E-state index is 4.84. The zero-order valence-corrected chi connectivity index (χ0v) is 15.0. The molecule has 1 heterocycles. The summed E-state index contributed by atoms with van der Waals surface area (Å²) in [5, 5.41) is 4.84. The van der Waals surface area contributed by atoms with E-state index < -0.39 is 0 Å². The van der Waals surface area contributed by atoms with E-state index in [2.05, 4.69) is 27.7 Å². The molecule has 1 aromatic rings. The number of nitrogens with zero attached hydrogens (tertiary/aromatic N) is 2. The van der Waals surface area contributed by atoms with Crippen LogP contribution < -0.4 is 0 Å². The highest BCUT2D eigenvalue weighted by atomic mass is 79.9. The number of rotatable bonds is 4. The zero-order valence-electron chi connectivity index (χ0n) is 13.4. The van der Waals surface area contributed by atoms with Gasteiger partial charge in [0.2, 0.25) is 0 Å². The number of hydrogen-bond donors (Lipinski definition) is 0. The van der Waals surface area contributed by atoms with Crippen molar-refractivity contribution in [1.82, 2.24) is 9.78 Å². The van der Waals surface area contributed by atoms with Crippen molar-refractivity contribution in [2.75, 3.05) is 0 Å². The monoisotopic (exact) mass is 352 g/mol. The van der Waals surface area contributed by atoms with Crippen molar-refractivity contribution >= 4 is 15.9 Å². The Balaban J connectivity index is 1.66. The van der Waals surface area contributed by atoms with Gasteiger partial charge in [-0.2, -0.15) is 5.10 Å². The molecule has 0 aromatic carbocycles. The van der Waals surface area contributed by atoms with Gasteiger partial charge in [-0.15, -0.1) is 0 Å². The standard InChI is InChI=1S/C18H29BrN2/c1-21-17(13-15-10-6-3-7-11-15)18(19)16(20-21)12-14-8-4-2-5-9-14/h14-15H,2-13H2,1H3. The first-order chi connectivity index (χ1) is 10.2. The van der Waals surface area contributed by atoms with Crippen molar-refractivity contribution in [2.45, 2.75) is 77.0 Å². The van der Waals surface area contributed by atoms with Gasteiger partial charge in [0.15, 0.2) is 0 Å². The smallest absolute Gasteiger partial charge is 0.0772 e. The summed E-state index contributed by atoms with van der Waals surface area (Å²) in [4.78, 5) is 0. The average Bonchev–Trinajstić information content (AvgIpc) is 2.77. The summed E-state index contributed by atoms with van der Waals surface area (Å²) in [7, 11) is 2.13. The summed E-state index contributed by atoms with van der Waals surface area (Å²) in [6.07, 6.45) is 16.6. The molecule has 0 atom stereocenters. The van der Waals surface area contributed by atoms with Gasteiger partial charge in [0.05, 0.1) is 15.9 Å². The lowest BCUT2D eigenvalue weighted by Gasteiger charge is -2.21. The lowest BCUT2D eigenvalue weighted by Crippen LogP contribution is -2.12. The van der Waals surface area contributed by atoms with E-state index in [0.717, 1.165) is 11.8 Å². The molecule has 118 valence electrons. The predicted molar refractivity (Wildman–Crippen MR) is 91.5 cm³/mol. The van der Waals surface area contributed by atoms with E-state index in [0.29, 0.717) is 0 Å². The second-order valence-corrected chi connectivity index (χ2v) is 8.04. The van der Waals surface area contributed by atoms with Gasteiger partial charge in [-0.05, 0) is 40.6 Å². The Kier molecular flexibility index (Phi) is 5.42. The summed E-state index contributed by atoms with van der Waals surface area (Å²) in [6.45, 7) is 0. The molecule has 2 fully saturated rings. The van der Waals surface area contributed by atoms with Crippen LogP contribution in [0.15, 0.2) is 4.47 Å². The Labute approximate surface area is 137 Å². The number of aryl methyl sites for hydroxylation is 1. The highest BCUT2D eigenvalue weighted by Gasteiger charge is 2.22. The molecule has 0 spiro atoms. The third-order valence-electron chi connectivity index (χ3n) is 5.58. The van der Waals surface area contributed by atoms with E-state index in [-0.39, 0.29) is 0 Å². The number of halogens is 1. The minimum absolute atomic E-state index is 0.868. The van der Waals surface area contributed by atoms with Crippen molar-refractivity contribution in [1.29, 1.82) is 0 Å². The van der Waals surface area contributed by atoms with Crippen LogP contribution in [0, 0.1) is 11.8 Å². The van der Waals surface area contributed by atoms with Crippen LogP contribution in [0.3, 0.4) is 0 Å². The van der Waals surface area contributed by atoms with E-state index in [1.165, 1.54) is 92.9 Å². The van der Waals surface area contributed by atoms with E-state index in [1.807, 2.05) is 0 Å². The van der Waals surface area contributed by atoms with Crippen LogP contribution in [0.25, 0.3) is 0 Å². The molecule has 0 radical (unpaired) electrons. The Morgan fingerprint density at radius 3 is 2.00 bits per heavy atom. The second kappa shape index (κ2) is 7.30.